The molecule has 0 unspecified atom stereocenters. The number of amides is 1. The van der Waals surface area contributed by atoms with E-state index >= 15 is 0 Å². The number of nitrogens with zero attached hydrogens (tertiary/aromatic N) is 2. The van der Waals surface area contributed by atoms with Crippen molar-refractivity contribution in [1.29, 1.82) is 0 Å². The maximum atomic E-state index is 13.3. The first-order valence-electron chi connectivity index (χ1n) is 10.2. The third-order valence-electron chi connectivity index (χ3n) is 5.18. The minimum Gasteiger partial charge on any atom is -0.495 e. The number of methoxy groups -OCH3 is 1. The average Bonchev–Trinajstić information content (AvgIpc) is 3.09. The Morgan fingerprint density at radius 1 is 1.16 bits per heavy atom. The van der Waals surface area contributed by atoms with E-state index in [1.807, 2.05) is 0 Å². The van der Waals surface area contributed by atoms with Crippen LogP contribution in [0.15, 0.2) is 45.9 Å². The van der Waals surface area contributed by atoms with Crippen molar-refractivity contribution in [2.24, 2.45) is 0 Å². The van der Waals surface area contributed by atoms with Crippen LogP contribution in [0.2, 0.25) is 0 Å². The van der Waals surface area contributed by atoms with E-state index in [9.17, 15) is 26.4 Å². The second kappa shape index (κ2) is 9.95. The van der Waals surface area contributed by atoms with Crippen LogP contribution in [-0.2, 0) is 16.6 Å². The third-order valence-corrected chi connectivity index (χ3v) is 7.10. The zero-order chi connectivity index (χ0) is 23.4. The van der Waals surface area contributed by atoms with Gasteiger partial charge >= 0.3 is 6.18 Å². The number of halogens is 3. The Kier molecular flexibility index (Phi) is 7.50. The number of furan rings is 1. The Balaban J connectivity index is 1.96. The molecular weight excluding hydrogens is 449 g/mol. The zero-order valence-corrected chi connectivity index (χ0v) is 18.4. The van der Waals surface area contributed by atoms with Crippen molar-refractivity contribution < 1.29 is 35.5 Å². The second-order valence-electron chi connectivity index (χ2n) is 7.54. The number of hydrogen-bond acceptors (Lipinski definition) is 5. The molecule has 2 aromatic rings. The number of carbonyl (C=O) groups is 1. The summed E-state index contributed by atoms with van der Waals surface area (Å²) in [5, 5.41) is 0. The number of alkyl halides is 3. The average molecular weight is 475 g/mol. The van der Waals surface area contributed by atoms with Crippen molar-refractivity contribution in [1.82, 2.24) is 9.21 Å². The Hall–Kier alpha value is -2.53. The van der Waals surface area contributed by atoms with E-state index in [1.165, 1.54) is 41.9 Å². The van der Waals surface area contributed by atoms with E-state index in [0.29, 0.717) is 30.8 Å². The van der Waals surface area contributed by atoms with E-state index in [-0.39, 0.29) is 22.0 Å². The fraction of sp³-hybridized carbons (Fsp3) is 0.476. The number of rotatable bonds is 7. The van der Waals surface area contributed by atoms with Gasteiger partial charge in [-0.3, -0.25) is 4.79 Å². The van der Waals surface area contributed by atoms with Gasteiger partial charge in [0.1, 0.15) is 22.9 Å². The molecule has 0 bridgehead atoms. The van der Waals surface area contributed by atoms with Gasteiger partial charge in [-0.2, -0.15) is 17.5 Å². The molecule has 0 atom stereocenters. The Morgan fingerprint density at radius 2 is 1.84 bits per heavy atom. The van der Waals surface area contributed by atoms with Gasteiger partial charge in [0, 0.05) is 18.7 Å². The topological polar surface area (TPSA) is 80.1 Å². The van der Waals surface area contributed by atoms with Crippen molar-refractivity contribution in [3.8, 4) is 5.75 Å². The minimum atomic E-state index is -4.64. The highest BCUT2D eigenvalue weighted by Crippen LogP contribution is 2.30. The molecule has 176 valence electrons. The summed E-state index contributed by atoms with van der Waals surface area (Å²) in [7, 11) is -2.70. The summed E-state index contributed by atoms with van der Waals surface area (Å²) >= 11 is 0. The lowest BCUT2D eigenvalue weighted by molar-refractivity contribution is -0.142. The van der Waals surface area contributed by atoms with Crippen molar-refractivity contribution in [3.63, 3.8) is 0 Å². The highest BCUT2D eigenvalue weighted by molar-refractivity contribution is 7.89. The monoisotopic (exact) mass is 474 g/mol. The maximum Gasteiger partial charge on any atom is 0.406 e. The first-order chi connectivity index (χ1) is 15.1. The van der Waals surface area contributed by atoms with Gasteiger partial charge in [0.2, 0.25) is 10.0 Å². The predicted molar refractivity (Wildman–Crippen MR) is 110 cm³/mol. The van der Waals surface area contributed by atoms with Crippen LogP contribution in [-0.4, -0.2) is 56.5 Å². The molecule has 0 spiro atoms. The van der Waals surface area contributed by atoms with E-state index in [4.69, 9.17) is 9.15 Å². The largest absolute Gasteiger partial charge is 0.495 e. The molecule has 1 saturated heterocycles. The molecule has 0 N–H and O–H groups in total. The van der Waals surface area contributed by atoms with Gasteiger partial charge in [0.25, 0.3) is 5.91 Å². The normalized spacial score (nSPS) is 15.9. The molecule has 1 amide bonds. The van der Waals surface area contributed by atoms with Gasteiger partial charge in [-0.05, 0) is 43.2 Å². The fourth-order valence-corrected chi connectivity index (χ4v) is 5.32. The number of hydrogen-bond donors (Lipinski definition) is 0. The van der Waals surface area contributed by atoms with E-state index in [2.05, 4.69) is 0 Å². The third kappa shape index (κ3) is 5.83. The van der Waals surface area contributed by atoms with E-state index in [1.54, 1.807) is 0 Å². The molecule has 3 rings (SSSR count). The lowest BCUT2D eigenvalue weighted by Gasteiger charge is -2.24. The van der Waals surface area contributed by atoms with Crippen LogP contribution < -0.4 is 4.74 Å². The highest BCUT2D eigenvalue weighted by Gasteiger charge is 2.35. The van der Waals surface area contributed by atoms with Gasteiger partial charge in [0.15, 0.2) is 0 Å². The molecular formula is C21H25F3N2O5S. The second-order valence-corrected chi connectivity index (χ2v) is 9.45. The number of sulfonamides is 1. The first kappa shape index (κ1) is 24.1. The van der Waals surface area contributed by atoms with Crippen LogP contribution in [0.1, 0.15) is 41.8 Å². The SMILES string of the molecule is COc1ccc(C(=O)N(Cc2ccco2)CC(F)(F)F)cc1S(=O)(=O)N1CCCCCC1. The van der Waals surface area contributed by atoms with E-state index in [0.717, 1.165) is 18.9 Å². The van der Waals surface area contributed by atoms with Crippen LogP contribution in [0.25, 0.3) is 0 Å². The Bertz CT molecular complexity index is 1010. The lowest BCUT2D eigenvalue weighted by atomic mass is 10.2. The van der Waals surface area contributed by atoms with Crippen molar-refractivity contribution in [2.75, 3.05) is 26.7 Å². The summed E-state index contributed by atoms with van der Waals surface area (Å²) in [6.07, 6.45) is -0.0897. The smallest absolute Gasteiger partial charge is 0.406 e. The van der Waals surface area contributed by atoms with Crippen molar-refractivity contribution in [3.05, 3.63) is 47.9 Å². The van der Waals surface area contributed by atoms with Gasteiger partial charge in [0.05, 0.1) is 19.9 Å². The Labute approximate surface area is 184 Å². The summed E-state index contributed by atoms with van der Waals surface area (Å²) in [6.45, 7) is -1.25. The minimum absolute atomic E-state index is 0.0270. The zero-order valence-electron chi connectivity index (χ0n) is 17.6. The van der Waals surface area contributed by atoms with Gasteiger partial charge < -0.3 is 14.1 Å². The fourth-order valence-electron chi connectivity index (χ4n) is 3.62. The number of ether oxygens (including phenoxy) is 1. The Morgan fingerprint density at radius 3 is 2.41 bits per heavy atom. The summed E-state index contributed by atoms with van der Waals surface area (Å²) in [4.78, 5) is 13.3. The van der Waals surface area contributed by atoms with Gasteiger partial charge in [-0.15, -0.1) is 0 Å². The molecule has 11 heteroatoms. The van der Waals surface area contributed by atoms with Crippen LogP contribution in [0.5, 0.6) is 5.75 Å². The molecule has 1 fully saturated rings. The number of carbonyl (C=O) groups excluding carboxylic acids is 1. The molecule has 0 saturated carbocycles. The lowest BCUT2D eigenvalue weighted by Crippen LogP contribution is -2.38. The maximum absolute atomic E-state index is 13.3. The molecule has 0 radical (unpaired) electrons. The molecule has 7 nitrogen and oxygen atoms in total. The van der Waals surface area contributed by atoms with Crippen LogP contribution in [0, 0.1) is 0 Å². The molecule has 0 aliphatic carbocycles. The van der Waals surface area contributed by atoms with Crippen LogP contribution >= 0.6 is 0 Å². The molecule has 1 aliphatic heterocycles. The quantitative estimate of drug-likeness (QED) is 0.605. The predicted octanol–water partition coefficient (Wildman–Crippen LogP) is 4.06. The van der Waals surface area contributed by atoms with Gasteiger partial charge in [-0.25, -0.2) is 8.42 Å². The molecule has 32 heavy (non-hydrogen) atoms. The number of benzene rings is 1. The molecule has 1 aromatic heterocycles. The summed E-state index contributed by atoms with van der Waals surface area (Å²) < 4.78 is 77.6. The first-order valence-corrected chi connectivity index (χ1v) is 11.6. The summed E-state index contributed by atoms with van der Waals surface area (Å²) in [6, 6.07) is 6.60. The van der Waals surface area contributed by atoms with Crippen LogP contribution in [0.4, 0.5) is 13.2 Å². The van der Waals surface area contributed by atoms with Gasteiger partial charge in [-0.1, -0.05) is 12.8 Å². The van der Waals surface area contributed by atoms with E-state index < -0.39 is 35.2 Å². The highest BCUT2D eigenvalue weighted by atomic mass is 32.2. The van der Waals surface area contributed by atoms with Crippen molar-refractivity contribution in [2.45, 2.75) is 43.3 Å². The summed E-state index contributed by atoms with van der Waals surface area (Å²) in [5.74, 6) is -0.763. The van der Waals surface area contributed by atoms with Crippen LogP contribution in [0.3, 0.4) is 0 Å². The standard InChI is InChI=1S/C21H25F3N2O5S/c1-30-18-9-8-16(13-19(18)32(28,29)26-10-4-2-3-5-11-26)20(27)25(15-21(22,23)24)14-17-7-6-12-31-17/h6-9,12-13H,2-5,10-11,14-15H2,1H3. The molecule has 1 aromatic carbocycles. The molecule has 1 aliphatic rings. The summed E-state index contributed by atoms with van der Waals surface area (Å²) in [5.41, 5.74) is -0.185. The molecule has 2 heterocycles. The van der Waals surface area contributed by atoms with Crippen molar-refractivity contribution >= 4 is 15.9 Å².